The number of rotatable bonds is 5. The van der Waals surface area contributed by atoms with Crippen LogP contribution < -0.4 is 11.1 Å². The molecule has 0 spiro atoms. The predicted octanol–water partition coefficient (Wildman–Crippen LogP) is 1.26. The Morgan fingerprint density at radius 3 is 2.73 bits per heavy atom. The van der Waals surface area contributed by atoms with Crippen molar-refractivity contribution in [1.29, 1.82) is 0 Å². The van der Waals surface area contributed by atoms with E-state index >= 15 is 0 Å². The Morgan fingerprint density at radius 1 is 1.45 bits per heavy atom. The molecule has 1 aromatic carbocycles. The number of nitrogens with two attached hydrogens (primary N) is 1. The summed E-state index contributed by atoms with van der Waals surface area (Å²) in [4.78, 5) is 13.6. The van der Waals surface area contributed by atoms with Gasteiger partial charge in [0.25, 0.3) is 5.91 Å². The first-order valence-electron chi connectivity index (χ1n) is 7.23. The maximum absolute atomic E-state index is 12.9. The largest absolute Gasteiger partial charge is 0.344 e. The van der Waals surface area contributed by atoms with E-state index in [-0.39, 0.29) is 17.4 Å². The number of nitrogens with zero attached hydrogens (tertiary/aromatic N) is 3. The number of hydrogen-bond acceptors (Lipinski definition) is 4. The molecule has 0 radical (unpaired) electrons. The first kappa shape index (κ1) is 14.6. The summed E-state index contributed by atoms with van der Waals surface area (Å²) in [5, 5.41) is 11.1. The molecule has 116 valence electrons. The molecule has 1 amide bonds. The lowest BCUT2D eigenvalue weighted by Gasteiger charge is -2.28. The van der Waals surface area contributed by atoms with E-state index in [9.17, 15) is 9.18 Å². The smallest absolute Gasteiger partial charge is 0.273 e. The van der Waals surface area contributed by atoms with Crippen molar-refractivity contribution in [2.24, 2.45) is 11.7 Å². The van der Waals surface area contributed by atoms with Crippen molar-refractivity contribution in [3.63, 3.8) is 0 Å². The first-order chi connectivity index (χ1) is 10.5. The van der Waals surface area contributed by atoms with E-state index in [4.69, 9.17) is 5.73 Å². The molecule has 6 nitrogen and oxygen atoms in total. The highest BCUT2D eigenvalue weighted by Gasteiger charge is 2.41. The number of carbonyl (C=O) groups excluding carboxylic acids is 1. The summed E-state index contributed by atoms with van der Waals surface area (Å²) in [6.07, 6.45) is 3.55. The van der Waals surface area contributed by atoms with Crippen molar-refractivity contribution in [1.82, 2.24) is 20.3 Å². The standard InChI is InChI=1S/C15H18FN5O/c1-15(9-17,10-2-3-10)19-14(22)13-8-18-21(20-13)12-6-4-11(16)5-7-12/h4-8,10H,2-3,9,17H2,1H3,(H,19,22). The molecular formula is C15H18FN5O. The maximum atomic E-state index is 12.9. The molecule has 0 bridgehead atoms. The van der Waals surface area contributed by atoms with Gasteiger partial charge in [0.05, 0.1) is 17.4 Å². The van der Waals surface area contributed by atoms with E-state index in [1.807, 2.05) is 6.92 Å². The number of nitrogens with one attached hydrogen (secondary N) is 1. The SMILES string of the molecule is CC(CN)(NC(=O)c1cnn(-c2ccc(F)cc2)n1)C1CC1. The Kier molecular flexibility index (Phi) is 3.66. The summed E-state index contributed by atoms with van der Waals surface area (Å²) in [6, 6.07) is 5.73. The van der Waals surface area contributed by atoms with E-state index < -0.39 is 5.54 Å². The summed E-state index contributed by atoms with van der Waals surface area (Å²) >= 11 is 0. The van der Waals surface area contributed by atoms with Crippen LogP contribution in [-0.2, 0) is 0 Å². The Labute approximate surface area is 127 Å². The van der Waals surface area contributed by atoms with Gasteiger partial charge in [-0.25, -0.2) is 4.39 Å². The van der Waals surface area contributed by atoms with Crippen LogP contribution in [0.15, 0.2) is 30.5 Å². The van der Waals surface area contributed by atoms with Crippen LogP contribution in [0.4, 0.5) is 4.39 Å². The average Bonchev–Trinajstić information content (AvgIpc) is 3.26. The molecule has 1 aromatic heterocycles. The van der Waals surface area contributed by atoms with Gasteiger partial charge in [0.15, 0.2) is 5.69 Å². The van der Waals surface area contributed by atoms with Crippen LogP contribution in [0.5, 0.6) is 0 Å². The van der Waals surface area contributed by atoms with Crippen molar-refractivity contribution in [2.75, 3.05) is 6.54 Å². The second-order valence-corrected chi connectivity index (χ2v) is 5.85. The molecule has 1 heterocycles. The van der Waals surface area contributed by atoms with Gasteiger partial charge >= 0.3 is 0 Å². The molecule has 3 rings (SSSR count). The molecule has 22 heavy (non-hydrogen) atoms. The lowest BCUT2D eigenvalue weighted by atomic mass is 9.96. The molecular weight excluding hydrogens is 285 g/mol. The van der Waals surface area contributed by atoms with Gasteiger partial charge in [-0.05, 0) is 49.9 Å². The Bertz CT molecular complexity index is 679. The van der Waals surface area contributed by atoms with Gasteiger partial charge in [-0.1, -0.05) is 0 Å². The molecule has 2 aromatic rings. The monoisotopic (exact) mass is 303 g/mol. The molecule has 3 N–H and O–H groups in total. The zero-order chi connectivity index (χ0) is 15.7. The number of benzene rings is 1. The molecule has 0 aliphatic heterocycles. The Balaban J connectivity index is 1.75. The van der Waals surface area contributed by atoms with E-state index in [0.717, 1.165) is 12.8 Å². The topological polar surface area (TPSA) is 85.8 Å². The minimum atomic E-state index is -0.406. The molecule has 1 saturated carbocycles. The van der Waals surface area contributed by atoms with Gasteiger partial charge in [-0.3, -0.25) is 4.79 Å². The number of halogens is 1. The highest BCUT2D eigenvalue weighted by atomic mass is 19.1. The normalized spacial score (nSPS) is 17.0. The van der Waals surface area contributed by atoms with E-state index in [2.05, 4.69) is 15.5 Å². The van der Waals surface area contributed by atoms with Crippen molar-refractivity contribution in [3.05, 3.63) is 42.0 Å². The van der Waals surface area contributed by atoms with Gasteiger partial charge in [0, 0.05) is 6.54 Å². The molecule has 1 aliphatic carbocycles. The van der Waals surface area contributed by atoms with Crippen LogP contribution in [-0.4, -0.2) is 33.0 Å². The average molecular weight is 303 g/mol. The zero-order valence-corrected chi connectivity index (χ0v) is 12.3. The second kappa shape index (κ2) is 5.49. The fraction of sp³-hybridized carbons (Fsp3) is 0.400. The van der Waals surface area contributed by atoms with E-state index in [0.29, 0.717) is 18.2 Å². The van der Waals surface area contributed by atoms with Crippen LogP contribution in [0.1, 0.15) is 30.3 Å². The van der Waals surface area contributed by atoms with Crippen LogP contribution in [0.2, 0.25) is 0 Å². The maximum Gasteiger partial charge on any atom is 0.273 e. The first-order valence-corrected chi connectivity index (χ1v) is 7.23. The van der Waals surface area contributed by atoms with Gasteiger partial charge < -0.3 is 11.1 Å². The van der Waals surface area contributed by atoms with Crippen molar-refractivity contribution >= 4 is 5.91 Å². The molecule has 1 atom stereocenters. The van der Waals surface area contributed by atoms with E-state index in [1.165, 1.54) is 23.1 Å². The highest BCUT2D eigenvalue weighted by Crippen LogP contribution is 2.39. The van der Waals surface area contributed by atoms with Gasteiger partial charge in [-0.2, -0.15) is 9.90 Å². The summed E-state index contributed by atoms with van der Waals surface area (Å²) in [6.45, 7) is 2.34. The lowest BCUT2D eigenvalue weighted by molar-refractivity contribution is 0.0892. The highest BCUT2D eigenvalue weighted by molar-refractivity contribution is 5.92. The second-order valence-electron chi connectivity index (χ2n) is 5.85. The van der Waals surface area contributed by atoms with Crippen molar-refractivity contribution in [3.8, 4) is 5.69 Å². The Morgan fingerprint density at radius 2 is 2.14 bits per heavy atom. The van der Waals surface area contributed by atoms with Crippen LogP contribution >= 0.6 is 0 Å². The fourth-order valence-electron chi connectivity index (χ4n) is 2.43. The van der Waals surface area contributed by atoms with Crippen LogP contribution in [0.25, 0.3) is 5.69 Å². The van der Waals surface area contributed by atoms with Crippen LogP contribution in [0, 0.1) is 11.7 Å². The Hall–Kier alpha value is -2.28. The summed E-state index contributed by atoms with van der Waals surface area (Å²) < 4.78 is 12.9. The number of carbonyl (C=O) groups is 1. The summed E-state index contributed by atoms with van der Waals surface area (Å²) in [7, 11) is 0. The third-order valence-corrected chi connectivity index (χ3v) is 4.08. The predicted molar refractivity (Wildman–Crippen MR) is 79.0 cm³/mol. The minimum Gasteiger partial charge on any atom is -0.344 e. The summed E-state index contributed by atoms with van der Waals surface area (Å²) in [5.41, 5.74) is 6.19. The third-order valence-electron chi connectivity index (χ3n) is 4.08. The molecule has 1 unspecified atom stereocenters. The van der Waals surface area contributed by atoms with Crippen molar-refractivity contribution in [2.45, 2.75) is 25.3 Å². The molecule has 1 fully saturated rings. The zero-order valence-electron chi connectivity index (χ0n) is 12.3. The molecule has 0 saturated heterocycles. The number of amides is 1. The van der Waals surface area contributed by atoms with Gasteiger partial charge in [0.1, 0.15) is 5.82 Å². The number of aromatic nitrogens is 3. The fourth-order valence-corrected chi connectivity index (χ4v) is 2.43. The van der Waals surface area contributed by atoms with Gasteiger partial charge in [0.2, 0.25) is 0 Å². The number of hydrogen-bond donors (Lipinski definition) is 2. The third kappa shape index (κ3) is 2.85. The van der Waals surface area contributed by atoms with Crippen LogP contribution in [0.3, 0.4) is 0 Å². The molecule has 7 heteroatoms. The van der Waals surface area contributed by atoms with Crippen molar-refractivity contribution < 1.29 is 9.18 Å². The lowest BCUT2D eigenvalue weighted by Crippen LogP contribution is -2.53. The van der Waals surface area contributed by atoms with E-state index in [1.54, 1.807) is 12.1 Å². The van der Waals surface area contributed by atoms with Gasteiger partial charge in [-0.15, -0.1) is 5.10 Å². The minimum absolute atomic E-state index is 0.213. The molecule has 1 aliphatic rings. The summed E-state index contributed by atoms with van der Waals surface area (Å²) in [5.74, 6) is -0.209. The quantitative estimate of drug-likeness (QED) is 0.871.